The summed E-state index contributed by atoms with van der Waals surface area (Å²) >= 11 is 1.39. The Labute approximate surface area is 162 Å². The van der Waals surface area contributed by atoms with E-state index in [0.29, 0.717) is 27.4 Å². The molecule has 1 aliphatic rings. The Kier molecular flexibility index (Phi) is 5.46. The highest BCUT2D eigenvalue weighted by Crippen LogP contribution is 2.40. The fourth-order valence-electron chi connectivity index (χ4n) is 2.84. The number of hydrogen-bond acceptors (Lipinski definition) is 4. The minimum absolute atomic E-state index is 0.154. The predicted molar refractivity (Wildman–Crippen MR) is 109 cm³/mol. The molecule has 0 fully saturated rings. The summed E-state index contributed by atoms with van der Waals surface area (Å²) in [4.78, 5) is 39.0. The van der Waals surface area contributed by atoms with Gasteiger partial charge >= 0.3 is 0 Å². The molecule has 0 radical (unpaired) electrons. The maximum atomic E-state index is 13.1. The number of nitrogens with one attached hydrogen (secondary N) is 1. The highest BCUT2D eigenvalue weighted by Gasteiger charge is 2.40. The van der Waals surface area contributed by atoms with Crippen molar-refractivity contribution in [1.29, 1.82) is 0 Å². The van der Waals surface area contributed by atoms with Gasteiger partial charge in [-0.05, 0) is 29.8 Å². The number of carbonyl (C=O) groups is 3. The number of imide groups is 1. The summed E-state index contributed by atoms with van der Waals surface area (Å²) < 4.78 is 0. The van der Waals surface area contributed by atoms with Crippen LogP contribution in [0.2, 0.25) is 0 Å². The van der Waals surface area contributed by atoms with Gasteiger partial charge in [-0.2, -0.15) is 0 Å². The van der Waals surface area contributed by atoms with Crippen LogP contribution in [0.4, 0.5) is 11.4 Å². The third-order valence-corrected chi connectivity index (χ3v) is 4.99. The third kappa shape index (κ3) is 3.95. The Morgan fingerprint density at radius 3 is 2.15 bits per heavy atom. The molecule has 0 atom stereocenters. The van der Waals surface area contributed by atoms with E-state index in [1.165, 1.54) is 23.6 Å². The van der Waals surface area contributed by atoms with Crippen molar-refractivity contribution in [3.8, 4) is 0 Å². The second kappa shape index (κ2) is 7.80. The molecule has 0 bridgehead atoms. The van der Waals surface area contributed by atoms with Crippen molar-refractivity contribution in [2.24, 2.45) is 0 Å². The average Bonchev–Trinajstić information content (AvgIpc) is 2.86. The Balaban J connectivity index is 2.03. The quantitative estimate of drug-likeness (QED) is 0.794. The van der Waals surface area contributed by atoms with Crippen LogP contribution in [0.1, 0.15) is 26.3 Å². The topological polar surface area (TPSA) is 66.5 Å². The van der Waals surface area contributed by atoms with E-state index in [-0.39, 0.29) is 23.0 Å². The summed E-state index contributed by atoms with van der Waals surface area (Å²) in [6, 6.07) is 15.9. The lowest BCUT2D eigenvalue weighted by Crippen LogP contribution is -2.31. The molecule has 3 amide bonds. The normalized spacial score (nSPS) is 14.3. The molecule has 2 aromatic rings. The molecule has 0 unspecified atom stereocenters. The van der Waals surface area contributed by atoms with E-state index in [1.807, 2.05) is 19.9 Å². The molecule has 27 heavy (non-hydrogen) atoms. The maximum Gasteiger partial charge on any atom is 0.272 e. The van der Waals surface area contributed by atoms with Crippen LogP contribution in [-0.4, -0.2) is 23.0 Å². The second-order valence-corrected chi connectivity index (χ2v) is 8.00. The van der Waals surface area contributed by atoms with E-state index in [0.717, 1.165) is 0 Å². The molecule has 0 saturated carbocycles. The van der Waals surface area contributed by atoms with E-state index < -0.39 is 0 Å². The number of benzene rings is 2. The Hall–Kier alpha value is -2.86. The molecular weight excluding hydrogens is 360 g/mol. The largest absolute Gasteiger partial charge is 0.326 e. The van der Waals surface area contributed by atoms with E-state index in [2.05, 4.69) is 5.32 Å². The van der Waals surface area contributed by atoms with Gasteiger partial charge in [0.05, 0.1) is 16.2 Å². The van der Waals surface area contributed by atoms with Crippen molar-refractivity contribution < 1.29 is 14.4 Å². The van der Waals surface area contributed by atoms with Gasteiger partial charge in [0.1, 0.15) is 0 Å². The minimum atomic E-state index is -0.332. The van der Waals surface area contributed by atoms with Gasteiger partial charge in [0.15, 0.2) is 0 Å². The first-order valence-corrected chi connectivity index (χ1v) is 9.49. The molecule has 1 aliphatic heterocycles. The van der Waals surface area contributed by atoms with Crippen molar-refractivity contribution in [3.05, 3.63) is 65.1 Å². The summed E-state index contributed by atoms with van der Waals surface area (Å²) in [5.41, 5.74) is 2.25. The second-order valence-electron chi connectivity index (χ2n) is 6.41. The SMILES string of the molecule is CC(=O)Nc1ccc(C2=C(SC(C)C)C(=O)N(c3ccccc3)C2=O)cc1. The standard InChI is InChI=1S/C21H20N2O3S/c1-13(2)27-19-18(15-9-11-16(12-10-15)22-14(3)24)20(25)23(21(19)26)17-7-5-4-6-8-17/h4-13H,1-3H3,(H,22,24). The van der Waals surface area contributed by atoms with Crippen LogP contribution in [0.5, 0.6) is 0 Å². The smallest absolute Gasteiger partial charge is 0.272 e. The number of thioether (sulfide) groups is 1. The monoisotopic (exact) mass is 380 g/mol. The molecule has 1 heterocycles. The number of rotatable bonds is 5. The predicted octanol–water partition coefficient (Wildman–Crippen LogP) is 4.07. The van der Waals surface area contributed by atoms with Crippen LogP contribution in [-0.2, 0) is 14.4 Å². The molecule has 0 spiro atoms. The first-order chi connectivity index (χ1) is 12.9. The number of amides is 3. The summed E-state index contributed by atoms with van der Waals surface area (Å²) in [5.74, 6) is -0.798. The third-order valence-electron chi connectivity index (χ3n) is 3.90. The highest BCUT2D eigenvalue weighted by molar-refractivity contribution is 8.04. The van der Waals surface area contributed by atoms with E-state index in [9.17, 15) is 14.4 Å². The van der Waals surface area contributed by atoms with Crippen LogP contribution in [0.15, 0.2) is 59.5 Å². The zero-order valence-corrected chi connectivity index (χ0v) is 16.2. The van der Waals surface area contributed by atoms with Crippen molar-refractivity contribution in [1.82, 2.24) is 0 Å². The molecule has 0 aliphatic carbocycles. The lowest BCUT2D eigenvalue weighted by molar-refractivity contribution is -0.120. The number of hydrogen-bond donors (Lipinski definition) is 1. The zero-order chi connectivity index (χ0) is 19.6. The van der Waals surface area contributed by atoms with Crippen LogP contribution < -0.4 is 10.2 Å². The lowest BCUT2D eigenvalue weighted by Gasteiger charge is -2.15. The number of carbonyl (C=O) groups excluding carboxylic acids is 3. The molecule has 0 saturated heterocycles. The zero-order valence-electron chi connectivity index (χ0n) is 15.4. The van der Waals surface area contributed by atoms with Crippen molar-refractivity contribution in [2.45, 2.75) is 26.0 Å². The van der Waals surface area contributed by atoms with Gasteiger partial charge in [0, 0.05) is 17.9 Å². The summed E-state index contributed by atoms with van der Waals surface area (Å²) in [7, 11) is 0. The van der Waals surface area contributed by atoms with E-state index in [4.69, 9.17) is 0 Å². The van der Waals surface area contributed by atoms with Crippen LogP contribution >= 0.6 is 11.8 Å². The van der Waals surface area contributed by atoms with Crippen LogP contribution in [0.3, 0.4) is 0 Å². The van der Waals surface area contributed by atoms with Crippen LogP contribution in [0.25, 0.3) is 5.57 Å². The fourth-order valence-corrected chi connectivity index (χ4v) is 3.83. The minimum Gasteiger partial charge on any atom is -0.326 e. The highest BCUT2D eigenvalue weighted by atomic mass is 32.2. The average molecular weight is 380 g/mol. The number of nitrogens with zero attached hydrogens (tertiary/aromatic N) is 1. The number of anilines is 2. The van der Waals surface area contributed by atoms with E-state index in [1.54, 1.807) is 48.5 Å². The number of para-hydroxylation sites is 1. The van der Waals surface area contributed by atoms with Gasteiger partial charge in [0.2, 0.25) is 5.91 Å². The molecule has 3 rings (SSSR count). The van der Waals surface area contributed by atoms with Gasteiger partial charge in [0.25, 0.3) is 11.8 Å². The summed E-state index contributed by atoms with van der Waals surface area (Å²) in [6.45, 7) is 5.40. The van der Waals surface area contributed by atoms with Crippen molar-refractivity contribution in [3.63, 3.8) is 0 Å². The van der Waals surface area contributed by atoms with Gasteiger partial charge in [-0.25, -0.2) is 4.90 Å². The molecule has 138 valence electrons. The van der Waals surface area contributed by atoms with Gasteiger partial charge < -0.3 is 5.32 Å². The van der Waals surface area contributed by atoms with E-state index >= 15 is 0 Å². The lowest BCUT2D eigenvalue weighted by atomic mass is 10.1. The van der Waals surface area contributed by atoms with Gasteiger partial charge in [-0.15, -0.1) is 11.8 Å². The fraction of sp³-hybridized carbons (Fsp3) is 0.190. The first kappa shape index (κ1) is 18.9. The Bertz CT molecular complexity index is 918. The molecule has 5 nitrogen and oxygen atoms in total. The van der Waals surface area contributed by atoms with Gasteiger partial charge in [-0.3, -0.25) is 14.4 Å². The van der Waals surface area contributed by atoms with Crippen molar-refractivity contribution in [2.75, 3.05) is 10.2 Å². The van der Waals surface area contributed by atoms with Gasteiger partial charge in [-0.1, -0.05) is 44.2 Å². The molecule has 6 heteroatoms. The summed E-state index contributed by atoms with van der Waals surface area (Å²) in [6.07, 6.45) is 0. The molecule has 1 N–H and O–H groups in total. The molecular formula is C21H20N2O3S. The summed E-state index contributed by atoms with van der Waals surface area (Å²) in [5, 5.41) is 2.85. The molecule has 0 aromatic heterocycles. The molecule has 2 aromatic carbocycles. The maximum absolute atomic E-state index is 13.1. The Morgan fingerprint density at radius 2 is 1.59 bits per heavy atom. The van der Waals surface area contributed by atoms with Crippen molar-refractivity contribution >= 4 is 46.4 Å². The Morgan fingerprint density at radius 1 is 0.963 bits per heavy atom. The van der Waals surface area contributed by atoms with Crippen LogP contribution in [0, 0.1) is 0 Å². The first-order valence-electron chi connectivity index (χ1n) is 8.61.